The first-order valence-corrected chi connectivity index (χ1v) is 6.39. The van der Waals surface area contributed by atoms with Crippen LogP contribution in [0.2, 0.25) is 5.02 Å². The van der Waals surface area contributed by atoms with Crippen LogP contribution >= 0.6 is 27.5 Å². The van der Waals surface area contributed by atoms with Crippen LogP contribution in [0.3, 0.4) is 0 Å². The lowest BCUT2D eigenvalue weighted by atomic mass is 10.1. The number of esters is 1. The molecule has 1 N–H and O–H groups in total. The Labute approximate surface area is 116 Å². The van der Waals surface area contributed by atoms with Gasteiger partial charge >= 0.3 is 5.97 Å². The fraction of sp³-hybridized carbons (Fsp3) is 0.167. The molecule has 18 heavy (non-hydrogen) atoms. The van der Waals surface area contributed by atoms with Gasteiger partial charge in [-0.1, -0.05) is 11.6 Å². The van der Waals surface area contributed by atoms with Crippen molar-refractivity contribution in [3.63, 3.8) is 0 Å². The molecule has 1 aromatic carbocycles. The van der Waals surface area contributed by atoms with E-state index in [1.165, 1.54) is 6.07 Å². The fourth-order valence-corrected chi connectivity index (χ4v) is 2.09. The summed E-state index contributed by atoms with van der Waals surface area (Å²) in [6.45, 7) is 1.91. The van der Waals surface area contributed by atoms with Gasteiger partial charge in [-0.15, -0.1) is 0 Å². The van der Waals surface area contributed by atoms with E-state index in [9.17, 15) is 9.59 Å². The maximum Gasteiger partial charge on any atom is 0.343 e. The Bertz CT molecular complexity index is 681. The Balaban J connectivity index is 2.65. The lowest BCUT2D eigenvalue weighted by Crippen LogP contribution is -2.19. The van der Waals surface area contributed by atoms with Crippen molar-refractivity contribution in [2.75, 3.05) is 6.61 Å². The highest BCUT2D eigenvalue weighted by molar-refractivity contribution is 9.10. The number of ether oxygens (including phenoxy) is 1. The Kier molecular flexibility index (Phi) is 3.73. The van der Waals surface area contributed by atoms with Crippen molar-refractivity contribution in [3.05, 3.63) is 43.6 Å². The first-order chi connectivity index (χ1) is 8.52. The number of H-pyrrole nitrogens is 1. The summed E-state index contributed by atoms with van der Waals surface area (Å²) < 4.78 is 5.51. The summed E-state index contributed by atoms with van der Waals surface area (Å²) in [7, 11) is 0. The van der Waals surface area contributed by atoms with E-state index >= 15 is 0 Å². The van der Waals surface area contributed by atoms with Crippen LogP contribution in [0.25, 0.3) is 10.9 Å². The van der Waals surface area contributed by atoms with Crippen LogP contribution in [-0.2, 0) is 4.74 Å². The number of benzene rings is 1. The highest BCUT2D eigenvalue weighted by Gasteiger charge is 2.13. The number of aromatic amines is 1. The minimum atomic E-state index is -0.633. The third kappa shape index (κ3) is 2.42. The zero-order chi connectivity index (χ0) is 13.3. The number of pyridine rings is 1. The molecular formula is C12H9BrClNO3. The Hall–Kier alpha value is -1.33. The predicted octanol–water partition coefficient (Wildman–Crippen LogP) is 3.12. The molecule has 0 bridgehead atoms. The van der Waals surface area contributed by atoms with Crippen molar-refractivity contribution in [1.29, 1.82) is 0 Å². The second-order valence-corrected chi connectivity index (χ2v) is 4.85. The minimum absolute atomic E-state index is 0.0152. The summed E-state index contributed by atoms with van der Waals surface area (Å²) in [6.07, 6.45) is 0. The topological polar surface area (TPSA) is 59.2 Å². The van der Waals surface area contributed by atoms with E-state index in [2.05, 4.69) is 20.9 Å². The summed E-state index contributed by atoms with van der Waals surface area (Å²) in [5.41, 5.74) is 0.0687. The summed E-state index contributed by atoms with van der Waals surface area (Å²) >= 11 is 9.22. The SMILES string of the molecule is CCOC(=O)c1cc2cc(Br)c(Cl)cc2[nH]c1=O. The molecule has 0 amide bonds. The molecule has 6 heteroatoms. The van der Waals surface area contributed by atoms with Crippen LogP contribution < -0.4 is 5.56 Å². The highest BCUT2D eigenvalue weighted by Crippen LogP contribution is 2.27. The number of nitrogens with one attached hydrogen (secondary N) is 1. The molecule has 0 aliphatic rings. The van der Waals surface area contributed by atoms with Crippen LogP contribution in [0.15, 0.2) is 27.5 Å². The van der Waals surface area contributed by atoms with E-state index in [0.29, 0.717) is 20.4 Å². The summed E-state index contributed by atoms with van der Waals surface area (Å²) in [5, 5.41) is 1.19. The minimum Gasteiger partial charge on any atom is -0.462 e. The molecule has 1 aromatic heterocycles. The standard InChI is InChI=1S/C12H9BrClNO3/c1-2-18-12(17)7-3-6-4-8(13)9(14)5-10(6)15-11(7)16/h3-5H,2H2,1H3,(H,15,16). The van der Waals surface area contributed by atoms with Crippen molar-refractivity contribution in [2.24, 2.45) is 0 Å². The average molecular weight is 331 g/mol. The van der Waals surface area contributed by atoms with Gasteiger partial charge in [0, 0.05) is 15.4 Å². The zero-order valence-corrected chi connectivity index (χ0v) is 11.8. The van der Waals surface area contributed by atoms with Gasteiger partial charge in [-0.25, -0.2) is 4.79 Å². The number of halogens is 2. The van der Waals surface area contributed by atoms with Crippen LogP contribution in [0.4, 0.5) is 0 Å². The Morgan fingerprint density at radius 3 is 2.83 bits per heavy atom. The van der Waals surface area contributed by atoms with Crippen molar-refractivity contribution in [2.45, 2.75) is 6.92 Å². The van der Waals surface area contributed by atoms with Crippen molar-refractivity contribution >= 4 is 44.4 Å². The Morgan fingerprint density at radius 2 is 2.17 bits per heavy atom. The molecule has 0 radical (unpaired) electrons. The first kappa shape index (κ1) is 13.1. The molecule has 2 rings (SSSR count). The van der Waals surface area contributed by atoms with Gasteiger partial charge in [0.25, 0.3) is 5.56 Å². The van der Waals surface area contributed by atoms with Gasteiger partial charge in [0.2, 0.25) is 0 Å². The van der Waals surface area contributed by atoms with E-state index in [1.807, 2.05) is 0 Å². The molecule has 1 heterocycles. The Morgan fingerprint density at radius 1 is 1.44 bits per heavy atom. The van der Waals surface area contributed by atoms with E-state index in [1.54, 1.807) is 19.1 Å². The predicted molar refractivity (Wildman–Crippen MR) is 73.2 cm³/mol. The highest BCUT2D eigenvalue weighted by atomic mass is 79.9. The number of fused-ring (bicyclic) bond motifs is 1. The number of carbonyl (C=O) groups excluding carboxylic acids is 1. The van der Waals surface area contributed by atoms with Crippen LogP contribution in [0.1, 0.15) is 17.3 Å². The summed E-state index contributed by atoms with van der Waals surface area (Å²) in [6, 6.07) is 4.85. The molecular weight excluding hydrogens is 321 g/mol. The van der Waals surface area contributed by atoms with Gasteiger partial charge in [-0.2, -0.15) is 0 Å². The quantitative estimate of drug-likeness (QED) is 0.861. The normalized spacial score (nSPS) is 10.6. The molecule has 0 aliphatic carbocycles. The van der Waals surface area contributed by atoms with Gasteiger partial charge in [0.05, 0.1) is 11.6 Å². The van der Waals surface area contributed by atoms with E-state index < -0.39 is 11.5 Å². The molecule has 0 aliphatic heterocycles. The lowest BCUT2D eigenvalue weighted by molar-refractivity contribution is 0.0524. The van der Waals surface area contributed by atoms with Crippen LogP contribution in [-0.4, -0.2) is 17.6 Å². The van der Waals surface area contributed by atoms with Gasteiger partial charge < -0.3 is 9.72 Å². The molecule has 0 unspecified atom stereocenters. The number of carbonyl (C=O) groups is 1. The largest absolute Gasteiger partial charge is 0.462 e. The smallest absolute Gasteiger partial charge is 0.343 e. The third-order valence-corrected chi connectivity index (χ3v) is 3.58. The number of rotatable bonds is 2. The van der Waals surface area contributed by atoms with Crippen LogP contribution in [0, 0.1) is 0 Å². The number of hydrogen-bond donors (Lipinski definition) is 1. The molecule has 4 nitrogen and oxygen atoms in total. The molecule has 0 saturated heterocycles. The third-order valence-electron chi connectivity index (χ3n) is 2.38. The zero-order valence-electron chi connectivity index (χ0n) is 9.42. The maximum atomic E-state index is 11.7. The monoisotopic (exact) mass is 329 g/mol. The molecule has 0 fully saturated rings. The fourth-order valence-electron chi connectivity index (χ4n) is 1.56. The summed E-state index contributed by atoms with van der Waals surface area (Å²) in [4.78, 5) is 25.9. The van der Waals surface area contributed by atoms with Gasteiger partial charge in [0.15, 0.2) is 0 Å². The van der Waals surface area contributed by atoms with Gasteiger partial charge in [-0.05, 0) is 41.1 Å². The second kappa shape index (κ2) is 5.12. The van der Waals surface area contributed by atoms with Crippen LogP contribution in [0.5, 0.6) is 0 Å². The van der Waals surface area contributed by atoms with Gasteiger partial charge in [0.1, 0.15) is 5.56 Å². The lowest BCUT2D eigenvalue weighted by Gasteiger charge is -2.04. The van der Waals surface area contributed by atoms with E-state index in [0.717, 1.165) is 0 Å². The van der Waals surface area contributed by atoms with Crippen molar-refractivity contribution in [3.8, 4) is 0 Å². The molecule has 2 aromatic rings. The van der Waals surface area contributed by atoms with E-state index in [-0.39, 0.29) is 12.2 Å². The number of aromatic nitrogens is 1. The van der Waals surface area contributed by atoms with Crippen molar-refractivity contribution in [1.82, 2.24) is 4.98 Å². The van der Waals surface area contributed by atoms with E-state index in [4.69, 9.17) is 16.3 Å². The van der Waals surface area contributed by atoms with Gasteiger partial charge in [-0.3, -0.25) is 4.79 Å². The molecule has 0 saturated carbocycles. The first-order valence-electron chi connectivity index (χ1n) is 5.22. The molecule has 0 spiro atoms. The van der Waals surface area contributed by atoms with Crippen molar-refractivity contribution < 1.29 is 9.53 Å². The molecule has 94 valence electrons. The molecule has 0 atom stereocenters. The maximum absolute atomic E-state index is 11.7. The number of hydrogen-bond acceptors (Lipinski definition) is 3. The summed E-state index contributed by atoms with van der Waals surface area (Å²) in [5.74, 6) is -0.633. The average Bonchev–Trinajstić information content (AvgIpc) is 2.31. The second-order valence-electron chi connectivity index (χ2n) is 3.59.